The first-order chi connectivity index (χ1) is 12.7. The Balaban J connectivity index is 1.41. The van der Waals surface area contributed by atoms with Crippen LogP contribution in [0.2, 0.25) is 0 Å². The zero-order chi connectivity index (χ0) is 17.9. The van der Waals surface area contributed by atoms with Crippen molar-refractivity contribution in [2.75, 3.05) is 20.2 Å². The van der Waals surface area contributed by atoms with Crippen molar-refractivity contribution in [3.8, 4) is 17.2 Å². The number of amides is 1. The Labute approximate surface area is 153 Å². The van der Waals surface area contributed by atoms with Crippen LogP contribution in [0.4, 0.5) is 0 Å². The fourth-order valence-corrected chi connectivity index (χ4v) is 4.02. The standard InChI is InChI=1S/C20H25N3O3/c1-25-17-9-7-14(8-10-17)18-21-22-19(26-18)16-11-12-23(13-16)20(24)15-5-3-2-4-6-15/h7-10,15-16H,2-6,11-13H2,1H3/t16-/m0/s1. The first kappa shape index (κ1) is 17.1. The van der Waals surface area contributed by atoms with Crippen molar-refractivity contribution in [1.82, 2.24) is 15.1 Å². The Morgan fingerprint density at radius 2 is 1.88 bits per heavy atom. The van der Waals surface area contributed by atoms with Gasteiger partial charge in [0.05, 0.1) is 13.0 Å². The maximum Gasteiger partial charge on any atom is 0.247 e. The van der Waals surface area contributed by atoms with Crippen molar-refractivity contribution in [3.63, 3.8) is 0 Å². The first-order valence-corrected chi connectivity index (χ1v) is 9.51. The molecule has 0 unspecified atom stereocenters. The molecule has 1 aromatic carbocycles. The molecule has 26 heavy (non-hydrogen) atoms. The van der Waals surface area contributed by atoms with Crippen molar-refractivity contribution < 1.29 is 13.9 Å². The van der Waals surface area contributed by atoms with Crippen molar-refractivity contribution >= 4 is 5.91 Å². The molecule has 1 aliphatic carbocycles. The van der Waals surface area contributed by atoms with E-state index in [1.807, 2.05) is 29.2 Å². The van der Waals surface area contributed by atoms with Gasteiger partial charge in [0, 0.05) is 24.6 Å². The molecule has 6 heteroatoms. The highest BCUT2D eigenvalue weighted by Gasteiger charge is 2.34. The Morgan fingerprint density at radius 3 is 2.62 bits per heavy atom. The molecule has 6 nitrogen and oxygen atoms in total. The average molecular weight is 355 g/mol. The van der Waals surface area contributed by atoms with Crippen LogP contribution in [0.1, 0.15) is 50.3 Å². The summed E-state index contributed by atoms with van der Waals surface area (Å²) in [5.41, 5.74) is 0.873. The average Bonchev–Trinajstić information content (AvgIpc) is 3.38. The topological polar surface area (TPSA) is 68.5 Å². The summed E-state index contributed by atoms with van der Waals surface area (Å²) >= 11 is 0. The van der Waals surface area contributed by atoms with E-state index in [4.69, 9.17) is 9.15 Å². The molecule has 0 radical (unpaired) electrons. The summed E-state index contributed by atoms with van der Waals surface area (Å²) in [6, 6.07) is 7.56. The Bertz CT molecular complexity index is 750. The van der Waals surface area contributed by atoms with E-state index in [1.54, 1.807) is 7.11 Å². The molecule has 0 bridgehead atoms. The van der Waals surface area contributed by atoms with Gasteiger partial charge in [0.15, 0.2) is 0 Å². The number of rotatable bonds is 4. The van der Waals surface area contributed by atoms with Crippen molar-refractivity contribution in [3.05, 3.63) is 30.2 Å². The Morgan fingerprint density at radius 1 is 1.12 bits per heavy atom. The molecule has 2 aliphatic rings. The molecule has 0 N–H and O–H groups in total. The van der Waals surface area contributed by atoms with Crippen LogP contribution in [0.25, 0.3) is 11.5 Å². The number of benzene rings is 1. The number of likely N-dealkylation sites (tertiary alicyclic amines) is 1. The number of carbonyl (C=O) groups is 1. The summed E-state index contributed by atoms with van der Waals surface area (Å²) in [4.78, 5) is 14.7. The fraction of sp³-hybridized carbons (Fsp3) is 0.550. The molecule has 1 saturated heterocycles. The van der Waals surface area contributed by atoms with E-state index < -0.39 is 0 Å². The minimum atomic E-state index is 0.141. The predicted octanol–water partition coefficient (Wildman–Crippen LogP) is 3.64. The fourth-order valence-electron chi connectivity index (χ4n) is 4.02. The van der Waals surface area contributed by atoms with Gasteiger partial charge in [-0.15, -0.1) is 10.2 Å². The van der Waals surface area contributed by atoms with E-state index in [9.17, 15) is 4.79 Å². The Kier molecular flexibility index (Phi) is 4.91. The van der Waals surface area contributed by atoms with Gasteiger partial charge in [-0.25, -0.2) is 0 Å². The second-order valence-electron chi connectivity index (χ2n) is 7.28. The Hall–Kier alpha value is -2.37. The highest BCUT2D eigenvalue weighted by atomic mass is 16.5. The number of carbonyl (C=O) groups excluding carboxylic acids is 1. The monoisotopic (exact) mass is 355 g/mol. The van der Waals surface area contributed by atoms with Gasteiger partial charge in [-0.3, -0.25) is 4.79 Å². The molecule has 1 aliphatic heterocycles. The van der Waals surface area contributed by atoms with Gasteiger partial charge in [-0.1, -0.05) is 19.3 Å². The largest absolute Gasteiger partial charge is 0.497 e. The van der Waals surface area contributed by atoms with Gasteiger partial charge in [-0.05, 0) is 43.5 Å². The lowest BCUT2D eigenvalue weighted by Crippen LogP contribution is -2.35. The zero-order valence-corrected chi connectivity index (χ0v) is 15.2. The van der Waals surface area contributed by atoms with Gasteiger partial charge >= 0.3 is 0 Å². The highest BCUT2D eigenvalue weighted by Crippen LogP contribution is 2.32. The molecule has 2 fully saturated rings. The van der Waals surface area contributed by atoms with E-state index in [1.165, 1.54) is 19.3 Å². The summed E-state index contributed by atoms with van der Waals surface area (Å²) in [5, 5.41) is 8.42. The highest BCUT2D eigenvalue weighted by molar-refractivity contribution is 5.79. The van der Waals surface area contributed by atoms with E-state index in [2.05, 4.69) is 10.2 Å². The van der Waals surface area contributed by atoms with Gasteiger partial charge < -0.3 is 14.1 Å². The third kappa shape index (κ3) is 3.45. The second kappa shape index (κ2) is 7.48. The SMILES string of the molecule is COc1ccc(-c2nnc([C@H]3CCN(C(=O)C4CCCCC4)C3)o2)cc1. The van der Waals surface area contributed by atoms with Crippen molar-refractivity contribution in [2.24, 2.45) is 5.92 Å². The number of hydrogen-bond donors (Lipinski definition) is 0. The minimum Gasteiger partial charge on any atom is -0.497 e. The third-order valence-electron chi connectivity index (χ3n) is 5.58. The van der Waals surface area contributed by atoms with E-state index >= 15 is 0 Å². The summed E-state index contributed by atoms with van der Waals surface area (Å²) in [5.74, 6) is 2.62. The molecule has 2 aromatic rings. The van der Waals surface area contributed by atoms with E-state index in [-0.39, 0.29) is 11.8 Å². The first-order valence-electron chi connectivity index (χ1n) is 9.51. The second-order valence-corrected chi connectivity index (χ2v) is 7.28. The number of ether oxygens (including phenoxy) is 1. The zero-order valence-electron chi connectivity index (χ0n) is 15.2. The quantitative estimate of drug-likeness (QED) is 0.837. The molecule has 1 aromatic heterocycles. The normalized spacial score (nSPS) is 21.1. The van der Waals surface area contributed by atoms with Crippen LogP contribution in [-0.4, -0.2) is 41.2 Å². The third-order valence-corrected chi connectivity index (χ3v) is 5.58. The predicted molar refractivity (Wildman–Crippen MR) is 96.8 cm³/mol. The molecule has 2 heterocycles. The number of aromatic nitrogens is 2. The summed E-state index contributed by atoms with van der Waals surface area (Å²) in [7, 11) is 1.64. The molecule has 0 spiro atoms. The van der Waals surface area contributed by atoms with E-state index in [0.29, 0.717) is 24.2 Å². The van der Waals surface area contributed by atoms with Gasteiger partial charge in [0.1, 0.15) is 5.75 Å². The maximum absolute atomic E-state index is 12.7. The van der Waals surface area contributed by atoms with Crippen LogP contribution >= 0.6 is 0 Å². The number of methoxy groups -OCH3 is 1. The van der Waals surface area contributed by atoms with Crippen LogP contribution in [0.5, 0.6) is 5.75 Å². The summed E-state index contributed by atoms with van der Waals surface area (Å²) in [6.07, 6.45) is 6.61. The lowest BCUT2D eigenvalue weighted by atomic mass is 9.88. The molecule has 1 atom stereocenters. The van der Waals surface area contributed by atoms with E-state index in [0.717, 1.165) is 37.1 Å². The van der Waals surface area contributed by atoms with Crippen molar-refractivity contribution in [2.45, 2.75) is 44.4 Å². The lowest BCUT2D eigenvalue weighted by Gasteiger charge is -2.26. The number of hydrogen-bond acceptors (Lipinski definition) is 5. The molecule has 138 valence electrons. The van der Waals surface area contributed by atoms with Crippen LogP contribution in [0, 0.1) is 5.92 Å². The summed E-state index contributed by atoms with van der Waals surface area (Å²) < 4.78 is 11.1. The smallest absolute Gasteiger partial charge is 0.247 e. The molecular formula is C20H25N3O3. The maximum atomic E-state index is 12.7. The minimum absolute atomic E-state index is 0.141. The van der Waals surface area contributed by atoms with Crippen LogP contribution in [0.3, 0.4) is 0 Å². The van der Waals surface area contributed by atoms with Crippen LogP contribution in [0.15, 0.2) is 28.7 Å². The van der Waals surface area contributed by atoms with Gasteiger partial charge in [0.2, 0.25) is 17.7 Å². The number of nitrogens with zero attached hydrogens (tertiary/aromatic N) is 3. The molecule has 1 saturated carbocycles. The molecule has 1 amide bonds. The van der Waals surface area contributed by atoms with Gasteiger partial charge in [-0.2, -0.15) is 0 Å². The summed E-state index contributed by atoms with van der Waals surface area (Å²) in [6.45, 7) is 1.49. The van der Waals surface area contributed by atoms with Crippen LogP contribution in [-0.2, 0) is 4.79 Å². The lowest BCUT2D eigenvalue weighted by molar-refractivity contribution is -0.135. The molecular weight excluding hydrogens is 330 g/mol. The molecule has 4 rings (SSSR count). The van der Waals surface area contributed by atoms with Crippen molar-refractivity contribution in [1.29, 1.82) is 0 Å². The van der Waals surface area contributed by atoms with Gasteiger partial charge in [0.25, 0.3) is 0 Å². The van der Waals surface area contributed by atoms with Crippen LogP contribution < -0.4 is 4.74 Å².